The fourth-order valence-corrected chi connectivity index (χ4v) is 2.14. The number of hydrogen-bond donors (Lipinski definition) is 1. The Kier molecular flexibility index (Phi) is 4.50. The molecule has 1 nitrogen and oxygen atoms in total. The van der Waals surface area contributed by atoms with E-state index in [0.717, 1.165) is 23.8 Å². The van der Waals surface area contributed by atoms with Gasteiger partial charge in [-0.15, -0.1) is 0 Å². The third-order valence-electron chi connectivity index (χ3n) is 3.39. The fraction of sp³-hybridized carbons (Fsp3) is 0.294. The van der Waals surface area contributed by atoms with Crippen LogP contribution in [0.2, 0.25) is 0 Å². The predicted octanol–water partition coefficient (Wildman–Crippen LogP) is 4.36. The molecule has 0 bridgehead atoms. The highest BCUT2D eigenvalue weighted by molar-refractivity contribution is 5.28. The number of aliphatic hydroxyl groups excluding tert-OH is 1. The molecule has 1 atom stereocenters. The maximum absolute atomic E-state index is 13.6. The molecule has 20 heavy (non-hydrogen) atoms. The van der Waals surface area contributed by atoms with Crippen molar-refractivity contribution in [2.24, 2.45) is 0 Å². The van der Waals surface area contributed by atoms with Crippen molar-refractivity contribution in [1.29, 1.82) is 0 Å². The van der Waals surface area contributed by atoms with Crippen molar-refractivity contribution < 1.29 is 13.9 Å². The highest BCUT2D eigenvalue weighted by atomic mass is 19.1. The Labute approximate surface area is 117 Å². The molecule has 0 saturated carbocycles. The molecule has 0 aliphatic rings. The molecule has 0 heterocycles. The van der Waals surface area contributed by atoms with Crippen LogP contribution in [0.3, 0.4) is 0 Å². The number of rotatable bonds is 4. The van der Waals surface area contributed by atoms with Gasteiger partial charge >= 0.3 is 0 Å². The van der Waals surface area contributed by atoms with E-state index in [2.05, 4.69) is 13.8 Å². The van der Waals surface area contributed by atoms with Gasteiger partial charge in [-0.2, -0.15) is 0 Å². The average molecular weight is 276 g/mol. The average Bonchev–Trinajstić information content (AvgIpc) is 2.42. The highest BCUT2D eigenvalue weighted by Gasteiger charge is 2.14. The monoisotopic (exact) mass is 276 g/mol. The number of aliphatic hydroxyl groups is 1. The lowest BCUT2D eigenvalue weighted by atomic mass is 9.97. The molecule has 0 amide bonds. The van der Waals surface area contributed by atoms with Gasteiger partial charge in [0.15, 0.2) is 0 Å². The summed E-state index contributed by atoms with van der Waals surface area (Å²) in [6, 6.07) is 10.9. The molecule has 1 N–H and O–H groups in total. The second kappa shape index (κ2) is 6.14. The molecule has 0 radical (unpaired) electrons. The van der Waals surface area contributed by atoms with E-state index in [1.807, 2.05) is 24.3 Å². The van der Waals surface area contributed by atoms with E-state index in [1.54, 1.807) is 0 Å². The van der Waals surface area contributed by atoms with E-state index in [1.165, 1.54) is 5.56 Å². The van der Waals surface area contributed by atoms with Crippen LogP contribution in [0.5, 0.6) is 0 Å². The van der Waals surface area contributed by atoms with Crippen LogP contribution in [-0.2, 0) is 6.42 Å². The summed E-state index contributed by atoms with van der Waals surface area (Å²) in [7, 11) is 0. The van der Waals surface area contributed by atoms with Crippen molar-refractivity contribution in [2.75, 3.05) is 0 Å². The lowest BCUT2D eigenvalue weighted by Crippen LogP contribution is -2.05. The highest BCUT2D eigenvalue weighted by Crippen LogP contribution is 2.23. The minimum atomic E-state index is -1.05. The Hall–Kier alpha value is -1.74. The molecule has 0 fully saturated rings. The van der Waals surface area contributed by atoms with E-state index in [-0.39, 0.29) is 12.0 Å². The van der Waals surface area contributed by atoms with Crippen LogP contribution in [0, 0.1) is 11.6 Å². The first-order valence-corrected chi connectivity index (χ1v) is 6.69. The zero-order valence-corrected chi connectivity index (χ0v) is 11.6. The van der Waals surface area contributed by atoms with Crippen molar-refractivity contribution in [3.63, 3.8) is 0 Å². The van der Waals surface area contributed by atoms with Gasteiger partial charge in [-0.05, 0) is 35.2 Å². The first kappa shape index (κ1) is 14.7. The maximum atomic E-state index is 13.6. The molecule has 0 spiro atoms. The summed E-state index contributed by atoms with van der Waals surface area (Å²) in [6.07, 6.45) is -0.783. The van der Waals surface area contributed by atoms with Gasteiger partial charge in [-0.1, -0.05) is 38.1 Å². The van der Waals surface area contributed by atoms with E-state index in [0.29, 0.717) is 5.92 Å². The van der Waals surface area contributed by atoms with Crippen molar-refractivity contribution in [2.45, 2.75) is 32.3 Å². The zero-order chi connectivity index (χ0) is 14.7. The fourth-order valence-electron chi connectivity index (χ4n) is 2.14. The topological polar surface area (TPSA) is 20.2 Å². The second-order valence-electron chi connectivity index (χ2n) is 5.28. The largest absolute Gasteiger partial charge is 0.388 e. The Balaban J connectivity index is 2.14. The molecular weight excluding hydrogens is 258 g/mol. The predicted molar refractivity (Wildman–Crippen MR) is 75.6 cm³/mol. The Morgan fingerprint density at radius 1 is 1.00 bits per heavy atom. The molecule has 0 aliphatic carbocycles. The van der Waals surface area contributed by atoms with Gasteiger partial charge in [-0.3, -0.25) is 0 Å². The molecule has 2 aromatic carbocycles. The summed E-state index contributed by atoms with van der Waals surface area (Å²) in [5.74, 6) is -0.692. The second-order valence-corrected chi connectivity index (χ2v) is 5.28. The van der Waals surface area contributed by atoms with Crippen molar-refractivity contribution in [3.05, 3.63) is 70.8 Å². The summed E-state index contributed by atoms with van der Waals surface area (Å²) in [5.41, 5.74) is 2.10. The zero-order valence-electron chi connectivity index (χ0n) is 11.6. The summed E-state index contributed by atoms with van der Waals surface area (Å²) in [5, 5.41) is 10.1. The maximum Gasteiger partial charge on any atom is 0.129 e. The lowest BCUT2D eigenvalue weighted by Gasteiger charge is -2.13. The molecule has 0 aliphatic heterocycles. The van der Waals surface area contributed by atoms with E-state index < -0.39 is 17.7 Å². The Morgan fingerprint density at radius 2 is 1.65 bits per heavy atom. The van der Waals surface area contributed by atoms with E-state index >= 15 is 0 Å². The van der Waals surface area contributed by atoms with Crippen LogP contribution in [0.15, 0.2) is 42.5 Å². The van der Waals surface area contributed by atoms with Gasteiger partial charge < -0.3 is 5.11 Å². The van der Waals surface area contributed by atoms with Crippen LogP contribution in [0.1, 0.15) is 42.6 Å². The normalized spacial score (nSPS) is 12.7. The van der Waals surface area contributed by atoms with E-state index in [4.69, 9.17) is 0 Å². The SMILES string of the molecule is CC(C)c1ccc(CC(O)c2cc(F)ccc2F)cc1. The standard InChI is InChI=1S/C17H18F2O/c1-11(2)13-5-3-12(4-6-13)9-17(20)15-10-14(18)7-8-16(15)19/h3-8,10-11,17,20H,9H2,1-2H3. The third kappa shape index (κ3) is 3.42. The first-order chi connectivity index (χ1) is 9.47. The van der Waals surface area contributed by atoms with Gasteiger partial charge in [0.1, 0.15) is 11.6 Å². The summed E-state index contributed by atoms with van der Waals surface area (Å²) in [6.45, 7) is 4.21. The first-order valence-electron chi connectivity index (χ1n) is 6.69. The van der Waals surface area contributed by atoms with Gasteiger partial charge in [0, 0.05) is 12.0 Å². The molecule has 2 aromatic rings. The minimum absolute atomic E-state index is 0.00191. The van der Waals surface area contributed by atoms with Gasteiger partial charge in [0.2, 0.25) is 0 Å². The van der Waals surface area contributed by atoms with Crippen LogP contribution in [0.25, 0.3) is 0 Å². The summed E-state index contributed by atoms with van der Waals surface area (Å²) in [4.78, 5) is 0. The molecule has 2 rings (SSSR count). The van der Waals surface area contributed by atoms with Crippen LogP contribution in [0.4, 0.5) is 8.78 Å². The Morgan fingerprint density at radius 3 is 2.25 bits per heavy atom. The lowest BCUT2D eigenvalue weighted by molar-refractivity contribution is 0.173. The number of hydrogen-bond acceptors (Lipinski definition) is 1. The molecule has 106 valence electrons. The molecule has 3 heteroatoms. The number of halogens is 2. The van der Waals surface area contributed by atoms with Crippen LogP contribution in [-0.4, -0.2) is 5.11 Å². The number of benzene rings is 2. The van der Waals surface area contributed by atoms with E-state index in [9.17, 15) is 13.9 Å². The third-order valence-corrected chi connectivity index (χ3v) is 3.39. The Bertz CT molecular complexity index is 576. The quantitative estimate of drug-likeness (QED) is 0.879. The smallest absolute Gasteiger partial charge is 0.129 e. The minimum Gasteiger partial charge on any atom is -0.388 e. The van der Waals surface area contributed by atoms with Gasteiger partial charge in [0.25, 0.3) is 0 Å². The molecule has 0 saturated heterocycles. The van der Waals surface area contributed by atoms with Crippen molar-refractivity contribution >= 4 is 0 Å². The van der Waals surface area contributed by atoms with Gasteiger partial charge in [0.05, 0.1) is 6.10 Å². The molecular formula is C17H18F2O. The van der Waals surface area contributed by atoms with Crippen molar-refractivity contribution in [3.8, 4) is 0 Å². The van der Waals surface area contributed by atoms with Gasteiger partial charge in [-0.25, -0.2) is 8.78 Å². The molecule has 1 unspecified atom stereocenters. The summed E-state index contributed by atoms with van der Waals surface area (Å²) >= 11 is 0. The van der Waals surface area contributed by atoms with Crippen LogP contribution < -0.4 is 0 Å². The molecule has 0 aromatic heterocycles. The van der Waals surface area contributed by atoms with Crippen molar-refractivity contribution in [1.82, 2.24) is 0 Å². The summed E-state index contributed by atoms with van der Waals surface area (Å²) < 4.78 is 26.7. The van der Waals surface area contributed by atoms with Crippen LogP contribution >= 0.6 is 0 Å².